The van der Waals surface area contributed by atoms with Crippen LogP contribution < -0.4 is 5.73 Å². The molecule has 4 heteroatoms. The number of nitrogen functional groups attached to an aromatic ring is 1. The van der Waals surface area contributed by atoms with E-state index in [9.17, 15) is 0 Å². The van der Waals surface area contributed by atoms with Crippen LogP contribution in [-0.4, -0.2) is 9.97 Å². The van der Waals surface area contributed by atoms with Crippen LogP contribution in [0.2, 0.25) is 5.02 Å². The van der Waals surface area contributed by atoms with Crippen molar-refractivity contribution >= 4 is 28.3 Å². The minimum Gasteiger partial charge on any atom is -0.383 e. The van der Waals surface area contributed by atoms with Crippen molar-refractivity contribution < 1.29 is 0 Å². The molecule has 0 unspecified atom stereocenters. The van der Waals surface area contributed by atoms with Crippen LogP contribution in [-0.2, 0) is 12.8 Å². The number of anilines is 1. The van der Waals surface area contributed by atoms with Gasteiger partial charge in [-0.25, -0.2) is 9.97 Å². The monoisotopic (exact) mass is 295 g/mol. The van der Waals surface area contributed by atoms with Crippen LogP contribution >= 0.6 is 11.6 Å². The SMILES string of the molecule is Nc1nc(-c2ccc3c(c2)CCC3)nc2cc(Cl)ccc12. The number of hydrogen-bond donors (Lipinski definition) is 1. The maximum atomic E-state index is 6.06. The van der Waals surface area contributed by atoms with Crippen LogP contribution in [0.1, 0.15) is 17.5 Å². The second kappa shape index (κ2) is 4.71. The average Bonchev–Trinajstić information content (AvgIpc) is 2.94. The molecule has 3 aromatic rings. The molecule has 0 aliphatic heterocycles. The molecule has 0 saturated carbocycles. The largest absolute Gasteiger partial charge is 0.383 e. The molecule has 4 rings (SSSR count). The van der Waals surface area contributed by atoms with Gasteiger partial charge < -0.3 is 5.73 Å². The Kier molecular flexibility index (Phi) is 2.82. The fourth-order valence-corrected chi connectivity index (χ4v) is 3.13. The smallest absolute Gasteiger partial charge is 0.162 e. The van der Waals surface area contributed by atoms with E-state index in [1.54, 1.807) is 6.07 Å². The van der Waals surface area contributed by atoms with Crippen molar-refractivity contribution in [3.8, 4) is 11.4 Å². The normalized spacial score (nSPS) is 13.6. The molecule has 0 bridgehead atoms. The Morgan fingerprint density at radius 2 is 1.81 bits per heavy atom. The molecule has 3 nitrogen and oxygen atoms in total. The lowest BCUT2D eigenvalue weighted by Crippen LogP contribution is -1.98. The number of benzene rings is 2. The van der Waals surface area contributed by atoms with Crippen LogP contribution in [0.5, 0.6) is 0 Å². The molecule has 0 spiro atoms. The minimum absolute atomic E-state index is 0.493. The third kappa shape index (κ3) is 2.14. The zero-order valence-electron chi connectivity index (χ0n) is 11.4. The van der Waals surface area contributed by atoms with E-state index in [0.29, 0.717) is 16.7 Å². The van der Waals surface area contributed by atoms with E-state index >= 15 is 0 Å². The predicted molar refractivity (Wildman–Crippen MR) is 86.4 cm³/mol. The number of nitrogens with two attached hydrogens (primary N) is 1. The number of aryl methyl sites for hydroxylation is 2. The van der Waals surface area contributed by atoms with Crippen LogP contribution in [0.15, 0.2) is 36.4 Å². The van der Waals surface area contributed by atoms with Crippen molar-refractivity contribution in [2.24, 2.45) is 0 Å². The van der Waals surface area contributed by atoms with E-state index in [4.69, 9.17) is 17.3 Å². The van der Waals surface area contributed by atoms with Gasteiger partial charge in [0.25, 0.3) is 0 Å². The maximum Gasteiger partial charge on any atom is 0.162 e. The van der Waals surface area contributed by atoms with Gasteiger partial charge in [-0.2, -0.15) is 0 Å². The van der Waals surface area contributed by atoms with Crippen molar-refractivity contribution in [2.75, 3.05) is 5.73 Å². The summed E-state index contributed by atoms with van der Waals surface area (Å²) in [6.07, 6.45) is 3.54. The molecule has 0 radical (unpaired) electrons. The first kappa shape index (κ1) is 12.6. The summed E-state index contributed by atoms with van der Waals surface area (Å²) in [4.78, 5) is 9.07. The van der Waals surface area contributed by atoms with Gasteiger partial charge in [0.05, 0.1) is 5.52 Å². The Bertz CT molecular complexity index is 858. The highest BCUT2D eigenvalue weighted by Crippen LogP contribution is 2.29. The van der Waals surface area contributed by atoms with E-state index < -0.39 is 0 Å². The van der Waals surface area contributed by atoms with Crippen molar-refractivity contribution in [3.63, 3.8) is 0 Å². The van der Waals surface area contributed by atoms with Crippen LogP contribution in [0.3, 0.4) is 0 Å². The van der Waals surface area contributed by atoms with E-state index in [1.807, 2.05) is 12.1 Å². The van der Waals surface area contributed by atoms with E-state index in [-0.39, 0.29) is 0 Å². The van der Waals surface area contributed by atoms with Crippen LogP contribution in [0.25, 0.3) is 22.3 Å². The molecule has 104 valence electrons. The second-order valence-corrected chi connectivity index (χ2v) is 5.87. The topological polar surface area (TPSA) is 51.8 Å². The lowest BCUT2D eigenvalue weighted by Gasteiger charge is -2.07. The standard InChI is InChI=1S/C17H14ClN3/c18-13-6-7-14-15(9-13)20-17(21-16(14)19)12-5-4-10-2-1-3-11(10)8-12/h4-9H,1-3H2,(H2,19,20,21). The number of aromatic nitrogens is 2. The van der Waals surface area contributed by atoms with E-state index in [0.717, 1.165) is 22.9 Å². The zero-order valence-corrected chi connectivity index (χ0v) is 12.2. The van der Waals surface area contributed by atoms with Crippen molar-refractivity contribution in [1.29, 1.82) is 0 Å². The van der Waals surface area contributed by atoms with Gasteiger partial charge in [0.1, 0.15) is 5.82 Å². The quantitative estimate of drug-likeness (QED) is 0.737. The number of hydrogen-bond acceptors (Lipinski definition) is 3. The first-order valence-electron chi connectivity index (χ1n) is 7.06. The molecule has 2 N–H and O–H groups in total. The first-order chi connectivity index (χ1) is 10.2. The Hall–Kier alpha value is -2.13. The van der Waals surface area contributed by atoms with Crippen molar-refractivity contribution in [1.82, 2.24) is 9.97 Å². The Morgan fingerprint density at radius 1 is 0.952 bits per heavy atom. The summed E-state index contributed by atoms with van der Waals surface area (Å²) in [5, 5.41) is 1.49. The Morgan fingerprint density at radius 3 is 2.71 bits per heavy atom. The van der Waals surface area contributed by atoms with Gasteiger partial charge in [-0.15, -0.1) is 0 Å². The summed E-state index contributed by atoms with van der Waals surface area (Å²) < 4.78 is 0. The van der Waals surface area contributed by atoms with Crippen LogP contribution in [0.4, 0.5) is 5.82 Å². The van der Waals surface area contributed by atoms with Gasteiger partial charge in [0.2, 0.25) is 0 Å². The van der Waals surface area contributed by atoms with Gasteiger partial charge in [-0.3, -0.25) is 0 Å². The average molecular weight is 296 g/mol. The summed E-state index contributed by atoms with van der Waals surface area (Å²) in [6, 6.07) is 11.9. The molecule has 1 aliphatic carbocycles. The predicted octanol–water partition coefficient (Wildman–Crippen LogP) is 4.02. The second-order valence-electron chi connectivity index (χ2n) is 5.43. The zero-order chi connectivity index (χ0) is 14.4. The van der Waals surface area contributed by atoms with Gasteiger partial charge in [-0.1, -0.05) is 23.7 Å². The number of nitrogens with zero attached hydrogens (tertiary/aromatic N) is 2. The molecular weight excluding hydrogens is 282 g/mol. The molecule has 1 aromatic heterocycles. The van der Waals surface area contributed by atoms with Gasteiger partial charge in [0.15, 0.2) is 5.82 Å². The Labute approximate surface area is 127 Å². The molecule has 0 fully saturated rings. The molecule has 1 aliphatic rings. The highest BCUT2D eigenvalue weighted by molar-refractivity contribution is 6.31. The molecule has 21 heavy (non-hydrogen) atoms. The minimum atomic E-state index is 0.493. The lowest BCUT2D eigenvalue weighted by atomic mass is 10.1. The summed E-state index contributed by atoms with van der Waals surface area (Å²) in [7, 11) is 0. The molecular formula is C17H14ClN3. The van der Waals surface area contributed by atoms with Gasteiger partial charge >= 0.3 is 0 Å². The lowest BCUT2D eigenvalue weighted by molar-refractivity contribution is 0.912. The molecule has 0 saturated heterocycles. The van der Waals surface area contributed by atoms with E-state index in [2.05, 4.69) is 28.2 Å². The molecule has 0 amide bonds. The first-order valence-corrected chi connectivity index (χ1v) is 7.43. The number of fused-ring (bicyclic) bond motifs is 2. The molecule has 0 atom stereocenters. The van der Waals surface area contributed by atoms with E-state index in [1.165, 1.54) is 24.0 Å². The fourth-order valence-electron chi connectivity index (χ4n) is 2.97. The fraction of sp³-hybridized carbons (Fsp3) is 0.176. The highest BCUT2D eigenvalue weighted by atomic mass is 35.5. The van der Waals surface area contributed by atoms with Gasteiger partial charge in [0, 0.05) is 16.0 Å². The highest BCUT2D eigenvalue weighted by Gasteiger charge is 2.13. The summed E-state index contributed by atoms with van der Waals surface area (Å²) in [5.41, 5.74) is 10.7. The number of halogens is 1. The molecule has 1 heterocycles. The molecule has 2 aromatic carbocycles. The summed E-state index contributed by atoms with van der Waals surface area (Å²) in [5.74, 6) is 1.16. The van der Waals surface area contributed by atoms with Crippen LogP contribution in [0, 0.1) is 0 Å². The maximum absolute atomic E-state index is 6.06. The van der Waals surface area contributed by atoms with Crippen molar-refractivity contribution in [2.45, 2.75) is 19.3 Å². The Balaban J connectivity index is 1.90. The summed E-state index contributed by atoms with van der Waals surface area (Å²) >= 11 is 6.04. The van der Waals surface area contributed by atoms with Gasteiger partial charge in [-0.05, 0) is 54.7 Å². The van der Waals surface area contributed by atoms with Crippen molar-refractivity contribution in [3.05, 3.63) is 52.5 Å². The number of rotatable bonds is 1. The third-order valence-corrected chi connectivity index (χ3v) is 4.28. The third-order valence-electron chi connectivity index (χ3n) is 4.05. The summed E-state index contributed by atoms with van der Waals surface area (Å²) in [6.45, 7) is 0.